The summed E-state index contributed by atoms with van der Waals surface area (Å²) in [7, 11) is 1.58. The second-order valence-electron chi connectivity index (χ2n) is 6.46. The molecule has 5 heteroatoms. The fourth-order valence-electron chi connectivity index (χ4n) is 3.06. The lowest BCUT2D eigenvalue weighted by Gasteiger charge is -2.17. The van der Waals surface area contributed by atoms with Crippen LogP contribution in [-0.2, 0) is 22.4 Å². The van der Waals surface area contributed by atoms with E-state index in [1.165, 1.54) is 17.5 Å². The van der Waals surface area contributed by atoms with Crippen molar-refractivity contribution in [1.82, 2.24) is 0 Å². The molecule has 0 aliphatic heterocycles. The van der Waals surface area contributed by atoms with Crippen LogP contribution in [0.25, 0.3) is 0 Å². The zero-order chi connectivity index (χ0) is 18.5. The number of anilines is 1. The molecule has 0 aromatic heterocycles. The summed E-state index contributed by atoms with van der Waals surface area (Å²) in [5, 5.41) is 2.73. The Labute approximate surface area is 153 Å². The van der Waals surface area contributed by atoms with Gasteiger partial charge in [0.25, 0.3) is 5.91 Å². The van der Waals surface area contributed by atoms with E-state index in [-0.39, 0.29) is 5.91 Å². The summed E-state index contributed by atoms with van der Waals surface area (Å²) >= 11 is 0. The Bertz CT molecular complexity index is 798. The summed E-state index contributed by atoms with van der Waals surface area (Å²) in [6.07, 6.45) is 3.50. The van der Waals surface area contributed by atoms with Crippen LogP contribution < -0.4 is 10.1 Å². The maximum Gasteiger partial charge on any atom is 0.338 e. The monoisotopic (exact) mass is 353 g/mol. The number of methoxy groups -OCH3 is 1. The van der Waals surface area contributed by atoms with Gasteiger partial charge in [-0.2, -0.15) is 0 Å². The second kappa shape index (κ2) is 8.04. The highest BCUT2D eigenvalue weighted by atomic mass is 16.5. The number of amides is 1. The molecule has 0 spiro atoms. The molecule has 0 fully saturated rings. The molecule has 0 saturated heterocycles. The van der Waals surface area contributed by atoms with Crippen LogP contribution in [-0.4, -0.2) is 25.1 Å². The van der Waals surface area contributed by atoms with Crippen molar-refractivity contribution >= 4 is 17.6 Å². The number of ether oxygens (including phenoxy) is 2. The van der Waals surface area contributed by atoms with E-state index < -0.39 is 12.1 Å². The normalized spacial score (nSPS) is 14.1. The van der Waals surface area contributed by atoms with Crippen LogP contribution in [0, 0.1) is 0 Å². The largest absolute Gasteiger partial charge is 0.497 e. The van der Waals surface area contributed by atoms with Crippen molar-refractivity contribution in [3.8, 4) is 5.75 Å². The minimum atomic E-state index is -0.888. The maximum absolute atomic E-state index is 12.4. The van der Waals surface area contributed by atoms with Crippen molar-refractivity contribution in [2.75, 3.05) is 12.4 Å². The van der Waals surface area contributed by atoms with Gasteiger partial charge in [-0.3, -0.25) is 4.79 Å². The first-order valence-corrected chi connectivity index (χ1v) is 8.84. The molecule has 0 bridgehead atoms. The van der Waals surface area contributed by atoms with Gasteiger partial charge in [0, 0.05) is 5.69 Å². The zero-order valence-electron chi connectivity index (χ0n) is 15.1. The molecule has 26 heavy (non-hydrogen) atoms. The van der Waals surface area contributed by atoms with Crippen molar-refractivity contribution in [2.24, 2.45) is 0 Å². The maximum atomic E-state index is 12.4. The van der Waals surface area contributed by atoms with Crippen LogP contribution in [0.4, 0.5) is 5.69 Å². The predicted octanol–water partition coefficient (Wildman–Crippen LogP) is 3.76. The van der Waals surface area contributed by atoms with Crippen LogP contribution >= 0.6 is 0 Å². The molecule has 1 amide bonds. The van der Waals surface area contributed by atoms with Crippen molar-refractivity contribution in [3.05, 3.63) is 59.2 Å². The average molecular weight is 353 g/mol. The molecule has 3 rings (SSSR count). The molecular formula is C21H23NO4. The molecule has 136 valence electrons. The summed E-state index contributed by atoms with van der Waals surface area (Å²) < 4.78 is 10.4. The third-order valence-electron chi connectivity index (χ3n) is 4.59. The van der Waals surface area contributed by atoms with E-state index in [1.54, 1.807) is 44.4 Å². The fraction of sp³-hybridized carbons (Fsp3) is 0.333. The summed E-state index contributed by atoms with van der Waals surface area (Å²) in [5.41, 5.74) is 3.63. The lowest BCUT2D eigenvalue weighted by atomic mass is 9.90. The van der Waals surface area contributed by atoms with Crippen molar-refractivity contribution in [2.45, 2.75) is 38.7 Å². The summed E-state index contributed by atoms with van der Waals surface area (Å²) in [6.45, 7) is 1.56. The Morgan fingerprint density at radius 2 is 1.69 bits per heavy atom. The molecule has 0 heterocycles. The Morgan fingerprint density at radius 1 is 1.00 bits per heavy atom. The molecule has 1 atom stereocenters. The zero-order valence-corrected chi connectivity index (χ0v) is 15.1. The van der Waals surface area contributed by atoms with Gasteiger partial charge in [0.1, 0.15) is 5.75 Å². The minimum absolute atomic E-state index is 0.374. The molecule has 1 aliphatic carbocycles. The van der Waals surface area contributed by atoms with E-state index in [1.807, 2.05) is 12.1 Å². The number of carbonyl (C=O) groups excluding carboxylic acids is 2. The van der Waals surface area contributed by atoms with E-state index in [0.29, 0.717) is 17.0 Å². The highest BCUT2D eigenvalue weighted by Gasteiger charge is 2.20. The van der Waals surface area contributed by atoms with E-state index in [4.69, 9.17) is 9.47 Å². The van der Waals surface area contributed by atoms with Gasteiger partial charge in [0.15, 0.2) is 6.10 Å². The first kappa shape index (κ1) is 18.0. The minimum Gasteiger partial charge on any atom is -0.497 e. The van der Waals surface area contributed by atoms with Crippen molar-refractivity contribution in [3.63, 3.8) is 0 Å². The van der Waals surface area contributed by atoms with E-state index >= 15 is 0 Å². The van der Waals surface area contributed by atoms with Gasteiger partial charge in [0.05, 0.1) is 12.7 Å². The summed E-state index contributed by atoms with van der Waals surface area (Å²) in [6, 6.07) is 12.6. The SMILES string of the molecule is COc1ccc(NC(=O)[C@H](C)OC(=O)c2ccc3c(c2)CCCC3)cc1. The topological polar surface area (TPSA) is 64.6 Å². The lowest BCUT2D eigenvalue weighted by molar-refractivity contribution is -0.123. The van der Waals surface area contributed by atoms with Gasteiger partial charge in [0.2, 0.25) is 0 Å². The number of nitrogens with one attached hydrogen (secondary N) is 1. The molecule has 0 radical (unpaired) electrons. The van der Waals surface area contributed by atoms with Gasteiger partial charge in [-0.05, 0) is 80.1 Å². The van der Waals surface area contributed by atoms with Crippen LogP contribution in [0.3, 0.4) is 0 Å². The number of benzene rings is 2. The van der Waals surface area contributed by atoms with Crippen LogP contribution in [0.2, 0.25) is 0 Å². The highest BCUT2D eigenvalue weighted by molar-refractivity contribution is 5.97. The van der Waals surface area contributed by atoms with Gasteiger partial charge >= 0.3 is 5.97 Å². The number of hydrogen-bond donors (Lipinski definition) is 1. The number of aryl methyl sites for hydroxylation is 2. The molecule has 1 N–H and O–H groups in total. The predicted molar refractivity (Wildman–Crippen MR) is 99.6 cm³/mol. The fourth-order valence-corrected chi connectivity index (χ4v) is 3.06. The molecule has 0 unspecified atom stereocenters. The Kier molecular flexibility index (Phi) is 5.56. The van der Waals surface area contributed by atoms with E-state index in [2.05, 4.69) is 5.32 Å². The number of hydrogen-bond acceptors (Lipinski definition) is 4. The Hall–Kier alpha value is -2.82. The van der Waals surface area contributed by atoms with Gasteiger partial charge in [-0.15, -0.1) is 0 Å². The number of esters is 1. The second-order valence-corrected chi connectivity index (χ2v) is 6.46. The Morgan fingerprint density at radius 3 is 2.38 bits per heavy atom. The van der Waals surface area contributed by atoms with Crippen LogP contribution in [0.15, 0.2) is 42.5 Å². The third kappa shape index (κ3) is 4.23. The van der Waals surface area contributed by atoms with Crippen LogP contribution in [0.1, 0.15) is 41.3 Å². The Balaban J connectivity index is 1.60. The lowest BCUT2D eigenvalue weighted by Crippen LogP contribution is -2.30. The summed E-state index contributed by atoms with van der Waals surface area (Å²) in [4.78, 5) is 24.6. The molecule has 0 saturated carbocycles. The number of rotatable bonds is 5. The first-order chi connectivity index (χ1) is 12.6. The molecule has 1 aliphatic rings. The van der Waals surface area contributed by atoms with E-state index in [0.717, 1.165) is 19.3 Å². The van der Waals surface area contributed by atoms with Crippen molar-refractivity contribution in [1.29, 1.82) is 0 Å². The molecule has 2 aromatic rings. The quantitative estimate of drug-likeness (QED) is 0.832. The van der Waals surface area contributed by atoms with Gasteiger partial charge in [-0.1, -0.05) is 6.07 Å². The number of fused-ring (bicyclic) bond motifs is 1. The van der Waals surface area contributed by atoms with Crippen molar-refractivity contribution < 1.29 is 19.1 Å². The molecular weight excluding hydrogens is 330 g/mol. The third-order valence-corrected chi connectivity index (χ3v) is 4.59. The standard InChI is InChI=1S/C21H23NO4/c1-14(20(23)22-18-9-11-19(25-2)12-10-18)26-21(24)17-8-7-15-5-3-4-6-16(15)13-17/h7-14H,3-6H2,1-2H3,(H,22,23)/t14-/m0/s1. The molecule has 2 aromatic carbocycles. The van der Waals surface area contributed by atoms with Gasteiger partial charge in [-0.25, -0.2) is 4.79 Å². The average Bonchev–Trinajstić information content (AvgIpc) is 2.68. The first-order valence-electron chi connectivity index (χ1n) is 8.84. The number of carbonyl (C=O) groups is 2. The van der Waals surface area contributed by atoms with Crippen LogP contribution in [0.5, 0.6) is 5.75 Å². The van der Waals surface area contributed by atoms with Gasteiger partial charge < -0.3 is 14.8 Å². The van der Waals surface area contributed by atoms with E-state index in [9.17, 15) is 9.59 Å². The molecule has 5 nitrogen and oxygen atoms in total. The smallest absolute Gasteiger partial charge is 0.338 e. The highest BCUT2D eigenvalue weighted by Crippen LogP contribution is 2.23. The summed E-state index contributed by atoms with van der Waals surface area (Å²) in [5.74, 6) is -0.146.